The summed E-state index contributed by atoms with van der Waals surface area (Å²) in [5.41, 5.74) is 0.380. The molecule has 2 aromatic heterocycles. The van der Waals surface area contributed by atoms with Crippen molar-refractivity contribution in [3.05, 3.63) is 58.4 Å². The lowest BCUT2D eigenvalue weighted by atomic mass is 9.90. The number of halogens is 1. The fourth-order valence-electron chi connectivity index (χ4n) is 3.30. The van der Waals surface area contributed by atoms with Gasteiger partial charge < -0.3 is 20.0 Å². The number of fused-ring (bicyclic) bond motifs is 1. The largest absolute Gasteiger partial charge is 0.365 e. The summed E-state index contributed by atoms with van der Waals surface area (Å²) in [6, 6.07) is 7.66. The van der Waals surface area contributed by atoms with E-state index in [1.807, 2.05) is 0 Å². The molecule has 4 rings (SSSR count). The number of aromatic amines is 2. The Kier molecular flexibility index (Phi) is 4.04. The zero-order valence-corrected chi connectivity index (χ0v) is 13.8. The molecule has 0 spiro atoms. The van der Waals surface area contributed by atoms with Gasteiger partial charge in [0.05, 0.1) is 5.52 Å². The monoisotopic (exact) mass is 356 g/mol. The summed E-state index contributed by atoms with van der Waals surface area (Å²) in [6.07, 6.45) is 3.14. The van der Waals surface area contributed by atoms with Crippen molar-refractivity contribution < 1.29 is 13.9 Å². The van der Waals surface area contributed by atoms with Gasteiger partial charge in [0.1, 0.15) is 11.3 Å². The van der Waals surface area contributed by atoms with Gasteiger partial charge in [-0.25, -0.2) is 14.2 Å². The molecule has 7 nitrogen and oxygen atoms in total. The summed E-state index contributed by atoms with van der Waals surface area (Å²) >= 11 is 0. The summed E-state index contributed by atoms with van der Waals surface area (Å²) in [5, 5.41) is 2.77. The standard InChI is InChI=1S/C18H17FN4O3/c19-12-4-2-11(3-5-12)10-18(7-1-9-26-18)16(24)23-15-14-13(6-8-20-15)21-17(25)22-14/h2-6,8H,1,7,9-10H2,(H,20,23,24)(H2,21,22,25). The third-order valence-corrected chi connectivity index (χ3v) is 4.59. The first-order valence-corrected chi connectivity index (χ1v) is 8.33. The van der Waals surface area contributed by atoms with Crippen LogP contribution in [-0.4, -0.2) is 33.1 Å². The first-order chi connectivity index (χ1) is 12.6. The molecule has 0 saturated carbocycles. The minimum Gasteiger partial charge on any atom is -0.365 e. The molecule has 8 heteroatoms. The van der Waals surface area contributed by atoms with Gasteiger partial charge in [-0.05, 0) is 36.6 Å². The Morgan fingerprint density at radius 3 is 2.81 bits per heavy atom. The third kappa shape index (κ3) is 2.99. The highest BCUT2D eigenvalue weighted by atomic mass is 19.1. The Morgan fingerprint density at radius 2 is 2.08 bits per heavy atom. The van der Waals surface area contributed by atoms with Crippen LogP contribution in [0.3, 0.4) is 0 Å². The number of pyridine rings is 1. The number of benzene rings is 1. The van der Waals surface area contributed by atoms with Crippen LogP contribution in [0.1, 0.15) is 18.4 Å². The van der Waals surface area contributed by atoms with E-state index in [0.29, 0.717) is 30.5 Å². The quantitative estimate of drug-likeness (QED) is 0.667. The lowest BCUT2D eigenvalue weighted by Gasteiger charge is -2.27. The van der Waals surface area contributed by atoms with Gasteiger partial charge in [-0.15, -0.1) is 0 Å². The summed E-state index contributed by atoms with van der Waals surface area (Å²) in [6.45, 7) is 0.479. The maximum atomic E-state index is 13.1. The van der Waals surface area contributed by atoms with Gasteiger partial charge in [-0.2, -0.15) is 0 Å². The van der Waals surface area contributed by atoms with Gasteiger partial charge in [0, 0.05) is 19.2 Å². The molecule has 0 aliphatic carbocycles. The van der Waals surface area contributed by atoms with E-state index in [9.17, 15) is 14.0 Å². The molecule has 1 amide bonds. The molecular weight excluding hydrogens is 339 g/mol. The molecular formula is C18H17FN4O3. The number of hydrogen-bond donors (Lipinski definition) is 3. The first-order valence-electron chi connectivity index (χ1n) is 8.33. The van der Waals surface area contributed by atoms with Crippen LogP contribution in [0, 0.1) is 5.82 Å². The van der Waals surface area contributed by atoms with Crippen LogP contribution in [0.5, 0.6) is 0 Å². The van der Waals surface area contributed by atoms with Crippen LogP contribution in [0.15, 0.2) is 41.3 Å². The number of aromatic nitrogens is 3. The summed E-state index contributed by atoms with van der Waals surface area (Å²) in [7, 11) is 0. The fraction of sp³-hybridized carbons (Fsp3) is 0.278. The number of imidazole rings is 1. The van der Waals surface area contributed by atoms with E-state index in [1.165, 1.54) is 18.3 Å². The number of ether oxygens (including phenoxy) is 1. The van der Waals surface area contributed by atoms with Gasteiger partial charge in [-0.3, -0.25) is 4.79 Å². The molecule has 1 aliphatic heterocycles. The van der Waals surface area contributed by atoms with Crippen LogP contribution in [0.4, 0.5) is 10.2 Å². The van der Waals surface area contributed by atoms with E-state index in [0.717, 1.165) is 12.0 Å². The lowest BCUT2D eigenvalue weighted by molar-refractivity contribution is -0.135. The molecule has 1 aromatic carbocycles. The number of rotatable bonds is 4. The van der Waals surface area contributed by atoms with E-state index in [1.54, 1.807) is 18.2 Å². The molecule has 26 heavy (non-hydrogen) atoms. The second-order valence-electron chi connectivity index (χ2n) is 6.36. The van der Waals surface area contributed by atoms with Crippen LogP contribution in [0.2, 0.25) is 0 Å². The lowest BCUT2D eigenvalue weighted by Crippen LogP contribution is -2.44. The van der Waals surface area contributed by atoms with Gasteiger partial charge in [-0.1, -0.05) is 12.1 Å². The number of hydrogen-bond acceptors (Lipinski definition) is 4. The highest BCUT2D eigenvalue weighted by Gasteiger charge is 2.43. The smallest absolute Gasteiger partial charge is 0.323 e. The van der Waals surface area contributed by atoms with Crippen molar-refractivity contribution >= 4 is 22.8 Å². The van der Waals surface area contributed by atoms with Crippen LogP contribution >= 0.6 is 0 Å². The van der Waals surface area contributed by atoms with E-state index in [4.69, 9.17) is 4.74 Å². The summed E-state index contributed by atoms with van der Waals surface area (Å²) in [4.78, 5) is 33.9. The molecule has 1 aliphatic rings. The normalized spacial score (nSPS) is 19.7. The molecule has 134 valence electrons. The number of anilines is 1. The van der Waals surface area contributed by atoms with Gasteiger partial charge in [0.25, 0.3) is 5.91 Å². The predicted molar refractivity (Wildman–Crippen MR) is 93.4 cm³/mol. The zero-order chi connectivity index (χ0) is 18.1. The highest BCUT2D eigenvalue weighted by molar-refractivity contribution is 6.02. The van der Waals surface area contributed by atoms with E-state index < -0.39 is 5.60 Å². The molecule has 3 N–H and O–H groups in total. The highest BCUT2D eigenvalue weighted by Crippen LogP contribution is 2.31. The van der Waals surface area contributed by atoms with E-state index in [2.05, 4.69) is 20.3 Å². The summed E-state index contributed by atoms with van der Waals surface area (Å²) < 4.78 is 19.0. The fourth-order valence-corrected chi connectivity index (χ4v) is 3.30. The number of amides is 1. The van der Waals surface area contributed by atoms with Crippen molar-refractivity contribution in [2.24, 2.45) is 0 Å². The number of carbonyl (C=O) groups is 1. The average molecular weight is 356 g/mol. The van der Waals surface area contributed by atoms with Crippen LogP contribution in [-0.2, 0) is 16.0 Å². The van der Waals surface area contributed by atoms with Crippen LogP contribution < -0.4 is 11.0 Å². The first kappa shape index (κ1) is 16.5. The van der Waals surface area contributed by atoms with Gasteiger partial charge >= 0.3 is 5.69 Å². The molecule has 1 fully saturated rings. The van der Waals surface area contributed by atoms with Crippen molar-refractivity contribution in [3.8, 4) is 0 Å². The Balaban J connectivity index is 1.63. The minimum atomic E-state index is -1.04. The molecule has 3 aromatic rings. The van der Waals surface area contributed by atoms with Gasteiger partial charge in [0.2, 0.25) is 0 Å². The maximum Gasteiger partial charge on any atom is 0.323 e. The third-order valence-electron chi connectivity index (χ3n) is 4.59. The average Bonchev–Trinajstić information content (AvgIpc) is 3.24. The zero-order valence-electron chi connectivity index (χ0n) is 13.8. The van der Waals surface area contributed by atoms with E-state index in [-0.39, 0.29) is 23.2 Å². The number of nitrogens with one attached hydrogen (secondary N) is 3. The van der Waals surface area contributed by atoms with Gasteiger partial charge in [0.15, 0.2) is 11.4 Å². The number of nitrogens with zero attached hydrogens (tertiary/aromatic N) is 1. The Hall–Kier alpha value is -3.00. The van der Waals surface area contributed by atoms with Crippen molar-refractivity contribution in [2.45, 2.75) is 24.9 Å². The van der Waals surface area contributed by atoms with Crippen LogP contribution in [0.25, 0.3) is 11.0 Å². The number of carbonyl (C=O) groups excluding carboxylic acids is 1. The van der Waals surface area contributed by atoms with Crippen molar-refractivity contribution in [2.75, 3.05) is 11.9 Å². The summed E-state index contributed by atoms with van der Waals surface area (Å²) in [5.74, 6) is -0.395. The Bertz CT molecular complexity index is 1000. The second kappa shape index (κ2) is 6.38. The van der Waals surface area contributed by atoms with Crippen molar-refractivity contribution in [1.82, 2.24) is 15.0 Å². The van der Waals surface area contributed by atoms with E-state index >= 15 is 0 Å². The maximum absolute atomic E-state index is 13.1. The Labute approximate surface area is 147 Å². The molecule has 1 saturated heterocycles. The van der Waals surface area contributed by atoms with Crippen molar-refractivity contribution in [1.29, 1.82) is 0 Å². The SMILES string of the molecule is O=C(Nc1nccc2[nH]c(=O)[nH]c12)C1(Cc2ccc(F)cc2)CCCO1. The number of H-pyrrole nitrogens is 2. The minimum absolute atomic E-state index is 0.264. The molecule has 3 heterocycles. The Morgan fingerprint density at radius 1 is 1.27 bits per heavy atom. The predicted octanol–water partition coefficient (Wildman–Crippen LogP) is 2.12. The van der Waals surface area contributed by atoms with Crippen molar-refractivity contribution in [3.63, 3.8) is 0 Å². The second-order valence-corrected chi connectivity index (χ2v) is 6.36. The topological polar surface area (TPSA) is 99.9 Å². The molecule has 0 radical (unpaired) electrons. The molecule has 1 unspecified atom stereocenters. The molecule has 0 bridgehead atoms. The molecule has 1 atom stereocenters.